The number of primary amides is 1. The standard InChI is InChI=1S/C21H17F3N4O2S/c1-12(19(30)28-20-27-11-17(31-20)21(22,23)24)13-3-2-4-14(9-13)15-5-6-16(26-10-15)7-8-18(25)29/h2-12H,1H3,(H2,25,29)(H,27,28,30). The van der Waals surface area contributed by atoms with E-state index in [2.05, 4.69) is 15.3 Å². The van der Waals surface area contributed by atoms with Gasteiger partial charge in [-0.25, -0.2) is 4.98 Å². The maximum absolute atomic E-state index is 12.7. The molecule has 0 fully saturated rings. The van der Waals surface area contributed by atoms with E-state index in [0.29, 0.717) is 28.8 Å². The lowest BCUT2D eigenvalue weighted by atomic mass is 9.96. The van der Waals surface area contributed by atoms with Crippen molar-refractivity contribution >= 4 is 34.4 Å². The molecular formula is C21H17F3N4O2S. The van der Waals surface area contributed by atoms with Gasteiger partial charge in [0.15, 0.2) is 5.13 Å². The Balaban J connectivity index is 1.73. The highest BCUT2D eigenvalue weighted by molar-refractivity contribution is 7.15. The number of hydrogen-bond donors (Lipinski definition) is 2. The molecule has 0 radical (unpaired) electrons. The molecule has 3 N–H and O–H groups in total. The zero-order chi connectivity index (χ0) is 22.6. The van der Waals surface area contributed by atoms with Crippen LogP contribution in [-0.4, -0.2) is 21.8 Å². The van der Waals surface area contributed by atoms with Crippen LogP contribution in [0, 0.1) is 0 Å². The fraction of sp³-hybridized carbons (Fsp3) is 0.143. The van der Waals surface area contributed by atoms with Crippen molar-refractivity contribution in [2.75, 3.05) is 5.32 Å². The zero-order valence-electron chi connectivity index (χ0n) is 16.2. The first-order valence-electron chi connectivity index (χ1n) is 9.01. The second-order valence-electron chi connectivity index (χ2n) is 6.57. The summed E-state index contributed by atoms with van der Waals surface area (Å²) in [6.07, 6.45) is 0.528. The van der Waals surface area contributed by atoms with Gasteiger partial charge in [0.25, 0.3) is 0 Å². The largest absolute Gasteiger partial charge is 0.427 e. The summed E-state index contributed by atoms with van der Waals surface area (Å²) in [5, 5.41) is 2.33. The lowest BCUT2D eigenvalue weighted by Crippen LogP contribution is -2.18. The van der Waals surface area contributed by atoms with Gasteiger partial charge in [-0.05, 0) is 30.2 Å². The summed E-state index contributed by atoms with van der Waals surface area (Å²) in [5.41, 5.74) is 7.90. The van der Waals surface area contributed by atoms with E-state index in [1.54, 1.807) is 31.3 Å². The van der Waals surface area contributed by atoms with Crippen LogP contribution in [0.4, 0.5) is 18.3 Å². The number of rotatable bonds is 6. The smallest absolute Gasteiger partial charge is 0.366 e. The number of benzene rings is 1. The topological polar surface area (TPSA) is 98.0 Å². The highest BCUT2D eigenvalue weighted by Gasteiger charge is 2.33. The van der Waals surface area contributed by atoms with Crippen LogP contribution in [0.2, 0.25) is 0 Å². The fourth-order valence-corrected chi connectivity index (χ4v) is 3.34. The molecule has 3 aromatic rings. The number of amides is 2. The number of nitrogens with two attached hydrogens (primary N) is 1. The van der Waals surface area contributed by atoms with E-state index in [1.807, 2.05) is 18.2 Å². The summed E-state index contributed by atoms with van der Waals surface area (Å²) in [4.78, 5) is 30.3. The quantitative estimate of drug-likeness (QED) is 0.546. The van der Waals surface area contributed by atoms with Crippen LogP contribution in [0.3, 0.4) is 0 Å². The minimum Gasteiger partial charge on any atom is -0.366 e. The number of alkyl halides is 3. The first-order chi connectivity index (χ1) is 14.6. The minimum atomic E-state index is -4.50. The SMILES string of the molecule is CC(C(=O)Nc1ncc(C(F)(F)F)s1)c1cccc(-c2ccc(C=CC(N)=O)nc2)c1. The summed E-state index contributed by atoms with van der Waals surface area (Å²) >= 11 is 0.377. The molecule has 6 nitrogen and oxygen atoms in total. The van der Waals surface area contributed by atoms with E-state index >= 15 is 0 Å². The van der Waals surface area contributed by atoms with Gasteiger partial charge in [-0.3, -0.25) is 14.6 Å². The van der Waals surface area contributed by atoms with Crippen LogP contribution in [0.15, 0.2) is 54.9 Å². The third kappa shape index (κ3) is 5.76. The van der Waals surface area contributed by atoms with Crippen molar-refractivity contribution in [3.63, 3.8) is 0 Å². The third-order valence-corrected chi connectivity index (χ3v) is 5.29. The molecule has 2 heterocycles. The highest BCUT2D eigenvalue weighted by atomic mass is 32.1. The molecule has 0 aliphatic rings. The third-order valence-electron chi connectivity index (χ3n) is 4.33. The number of nitrogens with one attached hydrogen (secondary N) is 1. The van der Waals surface area contributed by atoms with Crippen LogP contribution in [0.5, 0.6) is 0 Å². The summed E-state index contributed by atoms with van der Waals surface area (Å²) in [5.74, 6) is -1.66. The molecule has 1 atom stereocenters. The minimum absolute atomic E-state index is 0.107. The number of thiazole rings is 1. The Kier molecular flexibility index (Phi) is 6.50. The predicted molar refractivity (Wildman–Crippen MR) is 112 cm³/mol. The van der Waals surface area contributed by atoms with E-state index in [9.17, 15) is 22.8 Å². The van der Waals surface area contributed by atoms with E-state index < -0.39 is 28.8 Å². The fourth-order valence-electron chi connectivity index (χ4n) is 2.66. The van der Waals surface area contributed by atoms with Gasteiger partial charge in [-0.2, -0.15) is 13.2 Å². The maximum atomic E-state index is 12.7. The molecule has 1 unspecified atom stereocenters. The molecule has 0 saturated carbocycles. The Morgan fingerprint density at radius 3 is 2.52 bits per heavy atom. The van der Waals surface area contributed by atoms with Crippen LogP contribution >= 0.6 is 11.3 Å². The molecule has 10 heteroatoms. The molecule has 31 heavy (non-hydrogen) atoms. The van der Waals surface area contributed by atoms with Crippen molar-refractivity contribution in [3.05, 3.63) is 71.0 Å². The Labute approximate surface area is 179 Å². The molecule has 1 aromatic carbocycles. The lowest BCUT2D eigenvalue weighted by molar-refractivity contribution is -0.134. The molecular weight excluding hydrogens is 429 g/mol. The molecule has 2 amide bonds. The van der Waals surface area contributed by atoms with Gasteiger partial charge >= 0.3 is 6.18 Å². The average Bonchev–Trinajstić information content (AvgIpc) is 3.21. The first-order valence-corrected chi connectivity index (χ1v) is 9.83. The normalized spacial score (nSPS) is 12.6. The van der Waals surface area contributed by atoms with Gasteiger partial charge in [-0.15, -0.1) is 0 Å². The van der Waals surface area contributed by atoms with Gasteiger partial charge in [0.05, 0.1) is 17.8 Å². The van der Waals surface area contributed by atoms with E-state index in [1.165, 1.54) is 12.2 Å². The summed E-state index contributed by atoms with van der Waals surface area (Å²) in [6.45, 7) is 1.66. The Hall–Kier alpha value is -3.53. The second kappa shape index (κ2) is 9.09. The van der Waals surface area contributed by atoms with Gasteiger partial charge in [0.1, 0.15) is 4.88 Å². The van der Waals surface area contributed by atoms with Gasteiger partial charge in [0, 0.05) is 17.8 Å². The molecule has 0 aliphatic carbocycles. The van der Waals surface area contributed by atoms with Crippen LogP contribution < -0.4 is 11.1 Å². The maximum Gasteiger partial charge on any atom is 0.427 e. The number of anilines is 1. The number of halogens is 3. The van der Waals surface area contributed by atoms with Gasteiger partial charge in [-0.1, -0.05) is 41.7 Å². The summed E-state index contributed by atoms with van der Waals surface area (Å²) in [7, 11) is 0. The predicted octanol–water partition coefficient (Wildman–Crippen LogP) is 4.46. The molecule has 3 rings (SSSR count). The Morgan fingerprint density at radius 1 is 1.13 bits per heavy atom. The number of nitrogens with zero attached hydrogens (tertiary/aromatic N) is 2. The molecule has 160 valence electrons. The summed E-state index contributed by atoms with van der Waals surface area (Å²) < 4.78 is 38.1. The van der Waals surface area contributed by atoms with E-state index in [4.69, 9.17) is 5.73 Å². The van der Waals surface area contributed by atoms with Gasteiger partial charge in [0.2, 0.25) is 11.8 Å². The van der Waals surface area contributed by atoms with Crippen molar-refractivity contribution < 1.29 is 22.8 Å². The zero-order valence-corrected chi connectivity index (χ0v) is 17.0. The molecule has 0 spiro atoms. The van der Waals surface area contributed by atoms with Crippen molar-refractivity contribution in [1.82, 2.24) is 9.97 Å². The van der Waals surface area contributed by atoms with Crippen molar-refractivity contribution in [1.29, 1.82) is 0 Å². The van der Waals surface area contributed by atoms with Crippen molar-refractivity contribution in [2.24, 2.45) is 5.73 Å². The molecule has 2 aromatic heterocycles. The van der Waals surface area contributed by atoms with Crippen LogP contribution in [0.25, 0.3) is 17.2 Å². The Bertz CT molecular complexity index is 1120. The van der Waals surface area contributed by atoms with Crippen LogP contribution in [0.1, 0.15) is 29.0 Å². The average molecular weight is 446 g/mol. The van der Waals surface area contributed by atoms with Crippen LogP contribution in [-0.2, 0) is 15.8 Å². The first kappa shape index (κ1) is 22.2. The molecule has 0 aliphatic heterocycles. The monoisotopic (exact) mass is 446 g/mol. The number of carbonyl (C=O) groups excluding carboxylic acids is 2. The van der Waals surface area contributed by atoms with E-state index in [0.717, 1.165) is 11.1 Å². The summed E-state index contributed by atoms with van der Waals surface area (Å²) in [6, 6.07) is 10.7. The highest BCUT2D eigenvalue weighted by Crippen LogP contribution is 2.35. The Morgan fingerprint density at radius 2 is 1.90 bits per heavy atom. The van der Waals surface area contributed by atoms with Crippen molar-refractivity contribution in [3.8, 4) is 11.1 Å². The number of aromatic nitrogens is 2. The number of hydrogen-bond acceptors (Lipinski definition) is 5. The van der Waals surface area contributed by atoms with Crippen molar-refractivity contribution in [2.45, 2.75) is 19.0 Å². The molecule has 0 bridgehead atoms. The van der Waals surface area contributed by atoms with E-state index in [-0.39, 0.29) is 5.13 Å². The molecule has 0 saturated heterocycles. The number of carbonyl (C=O) groups is 2. The number of pyridine rings is 1. The lowest BCUT2D eigenvalue weighted by Gasteiger charge is -2.13. The second-order valence-corrected chi connectivity index (χ2v) is 7.60. The van der Waals surface area contributed by atoms with Gasteiger partial charge < -0.3 is 11.1 Å².